The maximum atomic E-state index is 12.8. The minimum absolute atomic E-state index is 0.0142. The number of carbonyl (C=O) groups excluding carboxylic acids is 1. The number of halogens is 3. The number of hydrogen-bond donors (Lipinski definition) is 3. The summed E-state index contributed by atoms with van der Waals surface area (Å²) in [6, 6.07) is 31.8. The molecule has 0 aliphatic carbocycles. The van der Waals surface area contributed by atoms with Crippen LogP contribution in [0, 0.1) is 0 Å². The van der Waals surface area contributed by atoms with Crippen molar-refractivity contribution in [3.05, 3.63) is 130 Å². The van der Waals surface area contributed by atoms with E-state index in [1.807, 2.05) is 102 Å². The zero-order valence-electron chi connectivity index (χ0n) is 27.8. The molecule has 2 aliphatic rings. The van der Waals surface area contributed by atoms with E-state index in [9.17, 15) is 14.7 Å². The first-order valence-corrected chi connectivity index (χ1v) is 18.2. The van der Waals surface area contributed by atoms with Gasteiger partial charge in [-0.2, -0.15) is 0 Å². The summed E-state index contributed by atoms with van der Waals surface area (Å²) in [5.74, 6) is -0.678. The van der Waals surface area contributed by atoms with Gasteiger partial charge in [0.25, 0.3) is 9.70 Å². The highest BCUT2D eigenvalue weighted by Gasteiger charge is 2.34. The number of hydrogen-bond acceptors (Lipinski definition) is 6. The maximum absolute atomic E-state index is 12.8. The number of aliphatic hydroxyl groups is 1. The summed E-state index contributed by atoms with van der Waals surface area (Å²) in [4.78, 5) is 30.3. The Morgan fingerprint density at radius 1 is 0.863 bits per heavy atom. The Balaban J connectivity index is 1.04. The van der Waals surface area contributed by atoms with Crippen molar-refractivity contribution in [2.75, 3.05) is 19.6 Å². The lowest BCUT2D eigenvalue weighted by molar-refractivity contribution is -0.253. The SMILES string of the molecule is O=C(NCc1cccc(-c2ccc([C@H]3O[C@@H](CN4CCC(n5c(=O)[nH]c6ccccc65)CC4)C[C@@H](c4ccc(CO)cc4)O3)cc2)c1)C(Cl)(Cl)Cl. The third-order valence-electron chi connectivity index (χ3n) is 9.78. The molecule has 1 amide bonds. The van der Waals surface area contributed by atoms with E-state index in [2.05, 4.69) is 15.2 Å². The molecule has 266 valence electrons. The van der Waals surface area contributed by atoms with Crippen LogP contribution in [0.5, 0.6) is 0 Å². The highest BCUT2D eigenvalue weighted by atomic mass is 35.6. The van der Waals surface area contributed by atoms with Crippen LogP contribution in [0.1, 0.15) is 60.0 Å². The Labute approximate surface area is 311 Å². The monoisotopic (exact) mass is 748 g/mol. The van der Waals surface area contributed by atoms with Crippen LogP contribution in [0.3, 0.4) is 0 Å². The van der Waals surface area contributed by atoms with Gasteiger partial charge in [0.15, 0.2) is 6.29 Å². The van der Waals surface area contributed by atoms with Crippen LogP contribution >= 0.6 is 34.8 Å². The first-order chi connectivity index (χ1) is 24.6. The summed E-state index contributed by atoms with van der Waals surface area (Å²) < 4.78 is 13.2. The first kappa shape index (κ1) is 35.7. The van der Waals surface area contributed by atoms with Crippen LogP contribution in [0.4, 0.5) is 0 Å². The lowest BCUT2D eigenvalue weighted by Crippen LogP contribution is -2.43. The van der Waals surface area contributed by atoms with E-state index in [0.29, 0.717) is 6.42 Å². The van der Waals surface area contributed by atoms with E-state index in [1.165, 1.54) is 0 Å². The largest absolute Gasteiger partial charge is 0.392 e. The van der Waals surface area contributed by atoms with Crippen molar-refractivity contribution >= 4 is 51.7 Å². The lowest BCUT2D eigenvalue weighted by Gasteiger charge is -2.40. The number of aromatic amines is 1. The molecule has 12 heteroatoms. The van der Waals surface area contributed by atoms with Gasteiger partial charge in [-0.05, 0) is 58.9 Å². The van der Waals surface area contributed by atoms with Crippen LogP contribution in [-0.2, 0) is 27.4 Å². The van der Waals surface area contributed by atoms with E-state index in [1.54, 1.807) is 0 Å². The van der Waals surface area contributed by atoms with Crippen molar-refractivity contribution in [3.63, 3.8) is 0 Å². The molecule has 9 nitrogen and oxygen atoms in total. The van der Waals surface area contributed by atoms with Crippen molar-refractivity contribution in [2.24, 2.45) is 0 Å². The Morgan fingerprint density at radius 3 is 2.31 bits per heavy atom. The molecule has 51 heavy (non-hydrogen) atoms. The quantitative estimate of drug-likeness (QED) is 0.136. The molecule has 3 heterocycles. The summed E-state index contributed by atoms with van der Waals surface area (Å²) in [6.07, 6.45) is 1.59. The predicted octanol–water partition coefficient (Wildman–Crippen LogP) is 7.36. The number of alkyl halides is 3. The number of ether oxygens (including phenoxy) is 2. The summed E-state index contributed by atoms with van der Waals surface area (Å²) in [6.45, 7) is 2.68. The molecule has 1 aromatic heterocycles. The molecule has 2 saturated heterocycles. The fourth-order valence-electron chi connectivity index (χ4n) is 7.09. The van der Waals surface area contributed by atoms with Crippen LogP contribution < -0.4 is 11.0 Å². The zero-order valence-corrected chi connectivity index (χ0v) is 30.1. The highest BCUT2D eigenvalue weighted by molar-refractivity contribution is 6.76. The molecule has 0 radical (unpaired) electrons. The molecule has 3 atom stereocenters. The van der Waals surface area contributed by atoms with E-state index in [0.717, 1.165) is 76.9 Å². The van der Waals surface area contributed by atoms with Crippen LogP contribution in [0.15, 0.2) is 102 Å². The molecule has 2 fully saturated rings. The number of rotatable bonds is 9. The Hall–Kier alpha value is -3.67. The average molecular weight is 750 g/mol. The summed E-state index contributed by atoms with van der Waals surface area (Å²) >= 11 is 17.1. The van der Waals surface area contributed by atoms with Crippen molar-refractivity contribution in [3.8, 4) is 11.1 Å². The van der Waals surface area contributed by atoms with Gasteiger partial charge in [-0.3, -0.25) is 9.36 Å². The van der Waals surface area contributed by atoms with Crippen molar-refractivity contribution in [1.82, 2.24) is 19.8 Å². The minimum atomic E-state index is -2.02. The van der Waals surface area contributed by atoms with Gasteiger partial charge in [0, 0.05) is 44.2 Å². The molecule has 0 unspecified atom stereocenters. The van der Waals surface area contributed by atoms with Crippen LogP contribution in [-0.4, -0.2) is 55.0 Å². The van der Waals surface area contributed by atoms with Crippen molar-refractivity contribution in [2.45, 2.75) is 60.7 Å². The van der Waals surface area contributed by atoms with Gasteiger partial charge in [-0.25, -0.2) is 4.79 Å². The van der Waals surface area contributed by atoms with E-state index >= 15 is 0 Å². The number of aliphatic hydroxyl groups excluding tert-OH is 1. The molecular formula is C39H39Cl3N4O5. The topological polar surface area (TPSA) is 109 Å². The Bertz CT molecular complexity index is 2020. The fourth-order valence-corrected chi connectivity index (χ4v) is 7.29. The van der Waals surface area contributed by atoms with E-state index < -0.39 is 16.0 Å². The molecule has 0 bridgehead atoms. The van der Waals surface area contributed by atoms with Gasteiger partial charge in [-0.1, -0.05) is 114 Å². The number of imidazole rings is 1. The highest BCUT2D eigenvalue weighted by Crippen LogP contribution is 2.39. The number of amides is 1. The number of aromatic nitrogens is 2. The Morgan fingerprint density at radius 2 is 1.59 bits per heavy atom. The number of piperidine rings is 1. The van der Waals surface area contributed by atoms with Crippen LogP contribution in [0.2, 0.25) is 0 Å². The molecule has 7 rings (SSSR count). The summed E-state index contributed by atoms with van der Waals surface area (Å²) in [5, 5.41) is 12.2. The number of nitrogens with one attached hydrogen (secondary N) is 2. The summed E-state index contributed by atoms with van der Waals surface area (Å²) in [5.41, 5.74) is 7.41. The van der Waals surface area contributed by atoms with E-state index in [4.69, 9.17) is 44.3 Å². The fraction of sp³-hybridized carbons (Fsp3) is 0.333. The van der Waals surface area contributed by atoms with Gasteiger partial charge < -0.3 is 29.8 Å². The third-order valence-corrected chi connectivity index (χ3v) is 10.3. The van der Waals surface area contributed by atoms with Gasteiger partial charge >= 0.3 is 5.69 Å². The Kier molecular flexibility index (Phi) is 10.9. The number of benzene rings is 4. The summed E-state index contributed by atoms with van der Waals surface area (Å²) in [7, 11) is 0. The number of fused-ring (bicyclic) bond motifs is 1. The third kappa shape index (κ3) is 8.36. The lowest BCUT2D eigenvalue weighted by atomic mass is 9.98. The zero-order chi connectivity index (χ0) is 35.5. The normalized spacial score (nSPS) is 20.4. The molecule has 4 aromatic carbocycles. The maximum Gasteiger partial charge on any atom is 0.326 e. The molecular weight excluding hydrogens is 711 g/mol. The van der Waals surface area contributed by atoms with Crippen LogP contribution in [0.25, 0.3) is 22.2 Å². The smallest absolute Gasteiger partial charge is 0.326 e. The number of para-hydroxylation sites is 2. The molecule has 2 aliphatic heterocycles. The minimum Gasteiger partial charge on any atom is -0.392 e. The number of carbonyl (C=O) groups is 1. The van der Waals surface area contributed by atoms with Gasteiger partial charge in [0.05, 0.1) is 29.8 Å². The number of H-pyrrole nitrogens is 1. The van der Waals surface area contributed by atoms with Gasteiger partial charge in [0.1, 0.15) is 0 Å². The molecule has 5 aromatic rings. The molecule has 3 N–H and O–H groups in total. The first-order valence-electron chi connectivity index (χ1n) is 17.1. The standard InChI is InChI=1S/C39H39Cl3N4O5/c40-39(41,42)37(48)43-22-26-4-3-5-30(20-26)27-12-14-29(15-13-27)36-50-32(21-35(51-36)28-10-8-25(24-47)9-11-28)23-45-18-16-31(17-19-45)46-34-7-2-1-6-33(34)44-38(46)49/h1-15,20,31-32,35-36,47H,16-19,21-24H2,(H,43,48)(H,44,49)/t32-,35+,36+/m1/s1. The second-order valence-corrected chi connectivity index (χ2v) is 15.5. The van der Waals surface area contributed by atoms with Gasteiger partial charge in [-0.15, -0.1) is 0 Å². The molecule has 0 spiro atoms. The predicted molar refractivity (Wildman–Crippen MR) is 200 cm³/mol. The van der Waals surface area contributed by atoms with Crippen molar-refractivity contribution in [1.29, 1.82) is 0 Å². The average Bonchev–Trinajstić information content (AvgIpc) is 3.49. The second kappa shape index (κ2) is 15.5. The van der Waals surface area contributed by atoms with Gasteiger partial charge in [0.2, 0.25) is 0 Å². The molecule has 0 saturated carbocycles. The number of nitrogens with zero attached hydrogens (tertiary/aromatic N) is 2. The van der Waals surface area contributed by atoms with E-state index in [-0.39, 0.29) is 37.1 Å². The van der Waals surface area contributed by atoms with Crippen molar-refractivity contribution < 1.29 is 19.4 Å². The second-order valence-electron chi connectivity index (χ2n) is 13.2. The number of likely N-dealkylation sites (tertiary alicyclic amines) is 1.